The van der Waals surface area contributed by atoms with Crippen molar-refractivity contribution in [2.24, 2.45) is 23.2 Å². The molecule has 360 valence electrons. The predicted molar refractivity (Wildman–Crippen MR) is 244 cm³/mol. The Morgan fingerprint density at radius 1 is 0.848 bits per heavy atom. The van der Waals surface area contributed by atoms with E-state index in [-0.39, 0.29) is 42.9 Å². The number of Topliss-reactive ketones (excluding diaryl/α,β-unsaturated/α-hetero) is 1. The zero-order chi connectivity index (χ0) is 48.7. The van der Waals surface area contributed by atoms with Crippen molar-refractivity contribution in [2.45, 2.75) is 117 Å². The molecular weight excluding hydrogens is 851 g/mol. The first-order chi connectivity index (χ1) is 31.2. The van der Waals surface area contributed by atoms with Crippen molar-refractivity contribution >= 4 is 58.9 Å². The van der Waals surface area contributed by atoms with E-state index in [1.165, 1.54) is 28.4 Å². The van der Waals surface area contributed by atoms with Crippen molar-refractivity contribution in [3.63, 3.8) is 0 Å². The number of ketones is 1. The molecule has 7 N–H and O–H groups in total. The van der Waals surface area contributed by atoms with Gasteiger partial charge in [-0.05, 0) is 48.6 Å². The van der Waals surface area contributed by atoms with Gasteiger partial charge in [0.2, 0.25) is 35.3 Å². The van der Waals surface area contributed by atoms with Crippen molar-refractivity contribution < 1.29 is 43.2 Å². The average Bonchev–Trinajstić information content (AvgIpc) is 3.71. The van der Waals surface area contributed by atoms with Gasteiger partial charge in [0.05, 0.1) is 30.7 Å². The van der Waals surface area contributed by atoms with Crippen LogP contribution in [0.5, 0.6) is 0 Å². The number of carbonyl (C=O) groups excluding carboxylic acids is 9. The summed E-state index contributed by atoms with van der Waals surface area (Å²) in [7, 11) is 3.10. The number of nitrogens with one attached hydrogen (secondary N) is 7. The summed E-state index contributed by atoms with van der Waals surface area (Å²) >= 11 is 0. The molecule has 0 spiro atoms. The molecule has 6 atom stereocenters. The Morgan fingerprint density at radius 3 is 2.12 bits per heavy atom. The molecule has 1 saturated carbocycles. The molecule has 1 saturated heterocycles. The number of nitrogens with zero attached hydrogens (tertiary/aromatic N) is 4. The van der Waals surface area contributed by atoms with Gasteiger partial charge in [-0.3, -0.25) is 43.3 Å². The molecule has 2 aromatic rings. The van der Waals surface area contributed by atoms with Gasteiger partial charge in [-0.25, -0.2) is 9.78 Å². The normalized spacial score (nSPS) is 18.1. The molecule has 2 aliphatic rings. The van der Waals surface area contributed by atoms with Crippen LogP contribution in [0.1, 0.15) is 97.0 Å². The highest BCUT2D eigenvalue weighted by atomic mass is 16.2. The third-order valence-electron chi connectivity index (χ3n) is 11.7. The van der Waals surface area contributed by atoms with Crippen LogP contribution in [0.15, 0.2) is 48.9 Å². The molecule has 1 aromatic heterocycles. The molecule has 9 amide bonds. The number of aromatic nitrogens is 2. The van der Waals surface area contributed by atoms with E-state index in [1.807, 2.05) is 0 Å². The molecule has 2 heterocycles. The molecule has 1 aliphatic heterocycles. The zero-order valence-electron chi connectivity index (χ0n) is 39.3. The van der Waals surface area contributed by atoms with Gasteiger partial charge in [0, 0.05) is 45.3 Å². The number of likely N-dealkylation sites (N-methyl/N-ethyl adjacent to an activating group) is 1. The van der Waals surface area contributed by atoms with Crippen molar-refractivity contribution in [1.82, 2.24) is 51.7 Å². The van der Waals surface area contributed by atoms with Crippen LogP contribution >= 0.6 is 0 Å². The van der Waals surface area contributed by atoms with E-state index in [0.717, 1.165) is 19.3 Å². The largest absolute Gasteiger partial charge is 0.349 e. The second kappa shape index (κ2) is 24.2. The van der Waals surface area contributed by atoms with E-state index in [1.54, 1.807) is 86.0 Å². The van der Waals surface area contributed by atoms with Crippen molar-refractivity contribution in [3.8, 4) is 0 Å². The predicted octanol–water partition coefficient (Wildman–Crippen LogP) is 1.53. The number of para-hydroxylation sites is 1. The minimum atomic E-state index is -1.33. The van der Waals surface area contributed by atoms with Gasteiger partial charge in [-0.15, -0.1) is 0 Å². The molecule has 0 radical (unpaired) electrons. The van der Waals surface area contributed by atoms with Crippen molar-refractivity contribution in [3.05, 3.63) is 54.6 Å². The van der Waals surface area contributed by atoms with Gasteiger partial charge in [-0.1, -0.05) is 85.4 Å². The van der Waals surface area contributed by atoms with E-state index in [0.29, 0.717) is 24.9 Å². The summed E-state index contributed by atoms with van der Waals surface area (Å²) in [4.78, 5) is 133. The number of hydrogen-bond donors (Lipinski definition) is 7. The molecule has 0 bridgehead atoms. The minimum absolute atomic E-state index is 0.0308. The van der Waals surface area contributed by atoms with E-state index < -0.39 is 95.3 Å². The summed E-state index contributed by atoms with van der Waals surface area (Å²) in [6.45, 7) is 9.59. The minimum Gasteiger partial charge on any atom is -0.349 e. The zero-order valence-corrected chi connectivity index (χ0v) is 39.3. The van der Waals surface area contributed by atoms with Crippen molar-refractivity contribution in [1.29, 1.82) is 0 Å². The average molecular weight is 918 g/mol. The maximum absolute atomic E-state index is 14.4. The van der Waals surface area contributed by atoms with Crippen LogP contribution in [0, 0.1) is 23.2 Å². The number of carbonyl (C=O) groups is 9. The Hall–Kier alpha value is -6.47. The second-order valence-corrected chi connectivity index (χ2v) is 18.6. The Labute approximate surface area is 386 Å². The standard InChI is InChI=1S/C46H67N11O9/c1-9-16-31(37(59)42(63)49-24-34(58)53-35(27(2)3)44(65)56(7)8)51-39(60)30-25-57(45(66)50-29-19-14-11-15-20-29)26-33(30)52-43(64)38(46(4,5)6)55-41(62)36(28-17-12-10-13-18-28)54-40(61)32-23-47-21-22-48-32/h11,14-15,19-23,27-28,30-31,33,35-36,38H,9-10,12-13,16-18,24-26H2,1-8H3,(H,49,63)(H,50,66)(H,51,60)(H,52,64)(H,53,58)(H,54,61)(H,55,62)/t30-,31+,33+,35+,36+,38-/m1/s1. The number of rotatable bonds is 19. The van der Waals surface area contributed by atoms with E-state index >= 15 is 0 Å². The highest BCUT2D eigenvalue weighted by Gasteiger charge is 2.45. The first kappa shape index (κ1) is 52.2. The molecule has 4 rings (SSSR count). The summed E-state index contributed by atoms with van der Waals surface area (Å²) in [5.74, 6) is -7.33. The number of likely N-dealkylation sites (tertiary alicyclic amines) is 1. The monoisotopic (exact) mass is 918 g/mol. The van der Waals surface area contributed by atoms with Crippen LogP contribution in [0.4, 0.5) is 10.5 Å². The molecule has 2 fully saturated rings. The number of urea groups is 1. The van der Waals surface area contributed by atoms with Crippen LogP contribution in [0.2, 0.25) is 0 Å². The smallest absolute Gasteiger partial charge is 0.321 e. The molecule has 1 aromatic carbocycles. The Morgan fingerprint density at radius 2 is 1.53 bits per heavy atom. The maximum atomic E-state index is 14.4. The Bertz CT molecular complexity index is 2040. The van der Waals surface area contributed by atoms with Gasteiger partial charge >= 0.3 is 6.03 Å². The molecule has 66 heavy (non-hydrogen) atoms. The van der Waals surface area contributed by atoms with Crippen LogP contribution in [-0.4, -0.2) is 137 Å². The van der Waals surface area contributed by atoms with Crippen LogP contribution in [0.25, 0.3) is 0 Å². The lowest BCUT2D eigenvalue weighted by Crippen LogP contribution is -2.61. The highest BCUT2D eigenvalue weighted by molar-refractivity contribution is 6.38. The van der Waals surface area contributed by atoms with E-state index in [4.69, 9.17) is 0 Å². The number of benzene rings is 1. The third-order valence-corrected chi connectivity index (χ3v) is 11.7. The lowest BCUT2D eigenvalue weighted by atomic mass is 9.82. The van der Waals surface area contributed by atoms with Gasteiger partial charge in [0.1, 0.15) is 23.8 Å². The summed E-state index contributed by atoms with van der Waals surface area (Å²) in [5.41, 5.74) is -0.376. The molecule has 0 unspecified atom stereocenters. The van der Waals surface area contributed by atoms with Gasteiger partial charge in [-0.2, -0.15) is 0 Å². The van der Waals surface area contributed by atoms with Gasteiger partial charge in [0.15, 0.2) is 0 Å². The number of hydrogen-bond acceptors (Lipinski definition) is 11. The first-order valence-electron chi connectivity index (χ1n) is 22.6. The third kappa shape index (κ3) is 14.8. The Balaban J connectivity index is 1.54. The molecule has 20 heteroatoms. The quantitative estimate of drug-likeness (QED) is 0.0994. The second-order valence-electron chi connectivity index (χ2n) is 18.6. The first-order valence-corrected chi connectivity index (χ1v) is 22.6. The fourth-order valence-electron chi connectivity index (χ4n) is 8.03. The molecule has 20 nitrogen and oxygen atoms in total. The van der Waals surface area contributed by atoms with Crippen LogP contribution < -0.4 is 37.2 Å². The lowest BCUT2D eigenvalue weighted by Gasteiger charge is -2.35. The SMILES string of the molecule is CCC[C@H](NC(=O)[C@@H]1CN(C(=O)Nc2ccccc2)C[C@@H]1NC(=O)[C@@H](NC(=O)[C@@H](NC(=O)c1cnccn1)C1CCCCC1)C(C)(C)C)C(=O)C(=O)NCC(=O)N[C@H](C(=O)N(C)C)C(C)C. The number of anilines is 1. The van der Waals surface area contributed by atoms with Gasteiger partial charge < -0.3 is 47.0 Å². The van der Waals surface area contributed by atoms with E-state index in [2.05, 4.69) is 47.2 Å². The summed E-state index contributed by atoms with van der Waals surface area (Å²) in [6, 6.07) is 2.67. The molecule has 1 aliphatic carbocycles. The Kier molecular flexibility index (Phi) is 19.1. The van der Waals surface area contributed by atoms with E-state index in [9.17, 15) is 43.2 Å². The van der Waals surface area contributed by atoms with Gasteiger partial charge in [0.25, 0.3) is 11.8 Å². The molecular formula is C46H67N11O9. The summed E-state index contributed by atoms with van der Waals surface area (Å²) in [6.07, 6.45) is 8.60. The van der Waals surface area contributed by atoms with Crippen LogP contribution in [0.3, 0.4) is 0 Å². The summed E-state index contributed by atoms with van der Waals surface area (Å²) < 4.78 is 0. The summed E-state index contributed by atoms with van der Waals surface area (Å²) in [5, 5.41) is 18.9. The fourth-order valence-corrected chi connectivity index (χ4v) is 8.03. The van der Waals surface area contributed by atoms with Crippen LogP contribution in [-0.2, 0) is 33.6 Å². The van der Waals surface area contributed by atoms with Crippen molar-refractivity contribution in [2.75, 3.05) is 39.0 Å². The number of amides is 9. The highest BCUT2D eigenvalue weighted by Crippen LogP contribution is 2.28. The topological polar surface area (TPSA) is 270 Å². The fraction of sp³-hybridized carbons (Fsp3) is 0.587. The lowest BCUT2D eigenvalue weighted by molar-refractivity contribution is -0.141. The maximum Gasteiger partial charge on any atom is 0.321 e.